The van der Waals surface area contributed by atoms with Gasteiger partial charge in [0.1, 0.15) is 0 Å². The van der Waals surface area contributed by atoms with Crippen molar-refractivity contribution >= 4 is 5.97 Å². The van der Waals surface area contributed by atoms with Gasteiger partial charge >= 0.3 is 5.97 Å². The van der Waals surface area contributed by atoms with Crippen molar-refractivity contribution in [3.63, 3.8) is 0 Å². The average Bonchev–Trinajstić information content (AvgIpc) is 3.24. The van der Waals surface area contributed by atoms with Crippen molar-refractivity contribution < 1.29 is 20.1 Å². The summed E-state index contributed by atoms with van der Waals surface area (Å²) < 4.78 is 0. The highest BCUT2D eigenvalue weighted by atomic mass is 16.4. The van der Waals surface area contributed by atoms with E-state index in [0.29, 0.717) is 47.5 Å². The lowest BCUT2D eigenvalue weighted by Crippen LogP contribution is -2.52. The molecule has 4 nitrogen and oxygen atoms in total. The molecule has 4 aliphatic carbocycles. The first-order chi connectivity index (χ1) is 17.9. The van der Waals surface area contributed by atoms with Crippen LogP contribution in [0.4, 0.5) is 0 Å². The van der Waals surface area contributed by atoms with E-state index in [1.165, 1.54) is 31.3 Å². The van der Waals surface area contributed by atoms with E-state index in [4.69, 9.17) is 0 Å². The first kappa shape index (κ1) is 27.9. The first-order valence-electron chi connectivity index (χ1n) is 15.3. The van der Waals surface area contributed by atoms with Gasteiger partial charge in [-0.05, 0) is 116 Å². The lowest BCUT2D eigenvalue weighted by atomic mass is 9.46. The molecule has 3 saturated carbocycles. The Morgan fingerprint density at radius 1 is 1.00 bits per heavy atom. The molecule has 0 aliphatic heterocycles. The lowest BCUT2D eigenvalue weighted by Gasteiger charge is -2.59. The minimum absolute atomic E-state index is 0.0969. The van der Waals surface area contributed by atoms with Crippen LogP contribution in [0.25, 0.3) is 0 Å². The van der Waals surface area contributed by atoms with Gasteiger partial charge in [0.25, 0.3) is 0 Å². The zero-order valence-electron chi connectivity index (χ0n) is 24.2. The van der Waals surface area contributed by atoms with E-state index in [0.717, 1.165) is 37.5 Å². The number of hydrogen-bond donors (Lipinski definition) is 3. The molecule has 0 bridgehead atoms. The molecular formula is C34H50O4. The van der Waals surface area contributed by atoms with Crippen molar-refractivity contribution in [1.29, 1.82) is 0 Å². The Labute approximate surface area is 229 Å². The summed E-state index contributed by atoms with van der Waals surface area (Å²) in [5.74, 6) is 2.88. The standard InChI is InChI=1S/C34H50O4/c1-21(2)30(35)15-10-22(3)26-13-14-27-24-12-11-23-20-34(38,29-9-7-6-8-25(29)31(36)37)19-18-32(23,4)28(24)16-17-33(26,27)5/h6-9,11,21-22,24,26-28,30,35,38H,10,12-20H2,1-5H3,(H,36,37)/t22-,24+,26-,27+,28+,30?,32+,33-,34+/m1/s1. The molecule has 0 heterocycles. The largest absolute Gasteiger partial charge is 0.478 e. The molecule has 210 valence electrons. The Morgan fingerprint density at radius 2 is 1.74 bits per heavy atom. The average molecular weight is 523 g/mol. The van der Waals surface area contributed by atoms with E-state index in [2.05, 4.69) is 40.7 Å². The Hall–Kier alpha value is -1.65. The Balaban J connectivity index is 1.35. The molecule has 3 fully saturated rings. The Kier molecular flexibility index (Phi) is 7.40. The van der Waals surface area contributed by atoms with Gasteiger partial charge in [-0.25, -0.2) is 4.79 Å². The number of benzene rings is 1. The van der Waals surface area contributed by atoms with Gasteiger partial charge in [0.05, 0.1) is 17.3 Å². The van der Waals surface area contributed by atoms with Crippen molar-refractivity contribution in [2.24, 2.45) is 46.3 Å². The van der Waals surface area contributed by atoms with E-state index in [1.54, 1.807) is 12.1 Å². The fourth-order valence-electron chi connectivity index (χ4n) is 9.90. The Bertz CT molecular complexity index is 1080. The number of aliphatic hydroxyl groups is 2. The molecule has 1 aromatic carbocycles. The molecule has 0 saturated heterocycles. The summed E-state index contributed by atoms with van der Waals surface area (Å²) in [5.41, 5.74) is 1.55. The maximum Gasteiger partial charge on any atom is 0.336 e. The summed E-state index contributed by atoms with van der Waals surface area (Å²) in [6, 6.07) is 7.03. The zero-order chi connectivity index (χ0) is 27.5. The topological polar surface area (TPSA) is 77.8 Å². The minimum Gasteiger partial charge on any atom is -0.478 e. The molecule has 4 heteroatoms. The summed E-state index contributed by atoms with van der Waals surface area (Å²) in [7, 11) is 0. The highest BCUT2D eigenvalue weighted by Gasteiger charge is 2.60. The second-order valence-corrected chi connectivity index (χ2v) is 14.4. The second-order valence-electron chi connectivity index (χ2n) is 14.4. The third-order valence-corrected chi connectivity index (χ3v) is 12.3. The van der Waals surface area contributed by atoms with Crippen LogP contribution in [0.3, 0.4) is 0 Å². The highest BCUT2D eigenvalue weighted by molar-refractivity contribution is 5.89. The van der Waals surface area contributed by atoms with Crippen molar-refractivity contribution in [3.8, 4) is 0 Å². The molecule has 5 rings (SSSR count). The van der Waals surface area contributed by atoms with Gasteiger partial charge in [0, 0.05) is 6.42 Å². The van der Waals surface area contributed by atoms with Crippen molar-refractivity contribution in [3.05, 3.63) is 47.0 Å². The van der Waals surface area contributed by atoms with Gasteiger partial charge in [0.2, 0.25) is 0 Å². The number of fused-ring (bicyclic) bond motifs is 5. The first-order valence-corrected chi connectivity index (χ1v) is 15.3. The molecule has 38 heavy (non-hydrogen) atoms. The molecule has 1 aromatic rings. The molecule has 4 aliphatic rings. The predicted octanol–water partition coefficient (Wildman–Crippen LogP) is 7.58. The molecule has 3 N–H and O–H groups in total. The quantitative estimate of drug-likeness (QED) is 0.323. The molecule has 0 aromatic heterocycles. The number of rotatable bonds is 7. The zero-order valence-corrected chi connectivity index (χ0v) is 24.2. The number of aromatic carboxylic acids is 1. The van der Waals surface area contributed by atoms with Crippen molar-refractivity contribution in [1.82, 2.24) is 0 Å². The molecular weight excluding hydrogens is 472 g/mol. The van der Waals surface area contributed by atoms with Gasteiger partial charge in [0.15, 0.2) is 0 Å². The molecule has 9 atom stereocenters. The van der Waals surface area contributed by atoms with E-state index in [1.807, 2.05) is 12.1 Å². The van der Waals surface area contributed by atoms with Crippen molar-refractivity contribution in [2.45, 2.75) is 111 Å². The fourth-order valence-corrected chi connectivity index (χ4v) is 9.90. The monoisotopic (exact) mass is 522 g/mol. The van der Waals surface area contributed by atoms with Crippen molar-refractivity contribution in [2.75, 3.05) is 0 Å². The van der Waals surface area contributed by atoms with Crippen LogP contribution in [0.2, 0.25) is 0 Å². The van der Waals surface area contributed by atoms with Crippen LogP contribution < -0.4 is 0 Å². The molecule has 1 unspecified atom stereocenters. The maximum absolute atomic E-state index is 11.9. The van der Waals surface area contributed by atoms with Gasteiger partial charge in [-0.1, -0.05) is 64.5 Å². The van der Waals surface area contributed by atoms with E-state index in [-0.39, 0.29) is 17.1 Å². The second kappa shape index (κ2) is 10.1. The van der Waals surface area contributed by atoms with Crippen LogP contribution in [-0.4, -0.2) is 27.4 Å². The normalized spacial score (nSPS) is 40.1. The SMILES string of the molecule is CC(C)C(O)CC[C@@H](C)[C@H]1CC[C@H]2[C@@H]3CC=C4C[C@](O)(c5ccccc5C(=O)O)CC[C@]4(C)[C@H]3CC[C@]12C. The summed E-state index contributed by atoms with van der Waals surface area (Å²) >= 11 is 0. The summed E-state index contributed by atoms with van der Waals surface area (Å²) in [5, 5.41) is 32.0. The molecule has 0 spiro atoms. The third-order valence-electron chi connectivity index (χ3n) is 12.3. The minimum atomic E-state index is -1.11. The van der Waals surface area contributed by atoms with Gasteiger partial charge in [-0.3, -0.25) is 0 Å². The number of carbonyl (C=O) groups is 1. The number of allylic oxidation sites excluding steroid dienone is 1. The summed E-state index contributed by atoms with van der Waals surface area (Å²) in [4.78, 5) is 11.9. The third kappa shape index (κ3) is 4.48. The van der Waals surface area contributed by atoms with Crippen LogP contribution in [0, 0.1) is 46.3 Å². The number of carboxylic acids is 1. The summed E-state index contributed by atoms with van der Waals surface area (Å²) in [6.45, 7) is 11.7. The fraction of sp³-hybridized carbons (Fsp3) is 0.735. The summed E-state index contributed by atoms with van der Waals surface area (Å²) in [6.07, 6.45) is 12.7. The van der Waals surface area contributed by atoms with Gasteiger partial charge < -0.3 is 15.3 Å². The van der Waals surface area contributed by atoms with Crippen LogP contribution in [0.1, 0.15) is 115 Å². The van der Waals surface area contributed by atoms with Crippen LogP contribution in [0.15, 0.2) is 35.9 Å². The number of hydrogen-bond acceptors (Lipinski definition) is 3. The predicted molar refractivity (Wildman–Crippen MR) is 152 cm³/mol. The number of aliphatic hydroxyl groups excluding tert-OH is 1. The van der Waals surface area contributed by atoms with E-state index in [9.17, 15) is 20.1 Å². The highest BCUT2D eigenvalue weighted by Crippen LogP contribution is 2.68. The molecule has 0 amide bonds. The Morgan fingerprint density at radius 3 is 2.45 bits per heavy atom. The number of carboxylic acid groups (broad SMARTS) is 1. The smallest absolute Gasteiger partial charge is 0.336 e. The lowest BCUT2D eigenvalue weighted by molar-refractivity contribution is -0.0772. The van der Waals surface area contributed by atoms with Gasteiger partial charge in [-0.15, -0.1) is 0 Å². The molecule has 0 radical (unpaired) electrons. The van der Waals surface area contributed by atoms with E-state index < -0.39 is 11.6 Å². The maximum atomic E-state index is 11.9. The van der Waals surface area contributed by atoms with E-state index >= 15 is 0 Å². The van der Waals surface area contributed by atoms with Crippen LogP contribution in [-0.2, 0) is 5.60 Å². The van der Waals surface area contributed by atoms with Crippen LogP contribution >= 0.6 is 0 Å². The van der Waals surface area contributed by atoms with Gasteiger partial charge in [-0.2, -0.15) is 0 Å². The van der Waals surface area contributed by atoms with Crippen LogP contribution in [0.5, 0.6) is 0 Å².